The number of aromatic nitrogens is 1. The zero-order valence-electron chi connectivity index (χ0n) is 11.6. The second kappa shape index (κ2) is 5.94. The van der Waals surface area contributed by atoms with E-state index >= 15 is 0 Å². The molecule has 0 atom stereocenters. The number of nitrogens with one attached hydrogen (secondary N) is 1. The summed E-state index contributed by atoms with van der Waals surface area (Å²) in [7, 11) is -3.02. The van der Waals surface area contributed by atoms with Crippen LogP contribution < -0.4 is 5.32 Å². The number of anilines is 1. The highest BCUT2D eigenvalue weighted by molar-refractivity contribution is 7.90. The van der Waals surface area contributed by atoms with Crippen molar-refractivity contribution >= 4 is 42.8 Å². The first kappa shape index (κ1) is 15.6. The summed E-state index contributed by atoms with van der Waals surface area (Å²) in [5.74, 6) is 0.0475. The van der Waals surface area contributed by atoms with Crippen LogP contribution in [0.2, 0.25) is 0 Å². The molecule has 0 aliphatic carbocycles. The third-order valence-electron chi connectivity index (χ3n) is 2.82. The molecule has 2 aromatic rings. The first-order valence-corrected chi connectivity index (χ1v) is 9.11. The number of hydrogen-bond donors (Lipinski definition) is 1. The highest BCUT2D eigenvalue weighted by Crippen LogP contribution is 2.32. The van der Waals surface area contributed by atoms with E-state index in [1.807, 2.05) is 6.92 Å². The second-order valence-electron chi connectivity index (χ2n) is 4.74. The maximum Gasteiger partial charge on any atom is 0.293 e. The smallest absolute Gasteiger partial charge is 0.293 e. The van der Waals surface area contributed by atoms with E-state index < -0.39 is 14.8 Å². The molecule has 0 bridgehead atoms. The molecule has 0 saturated heterocycles. The third kappa shape index (κ3) is 4.11. The van der Waals surface area contributed by atoms with E-state index in [0.717, 1.165) is 9.71 Å². The molecular weight excluding hydrogens is 314 g/mol. The molecule has 7 nitrogen and oxygen atoms in total. The lowest BCUT2D eigenvalue weighted by atomic mass is 10.2. The molecule has 1 N–H and O–H groups in total. The van der Waals surface area contributed by atoms with E-state index in [-0.39, 0.29) is 11.4 Å². The van der Waals surface area contributed by atoms with Crippen LogP contribution >= 0.6 is 11.3 Å². The van der Waals surface area contributed by atoms with Crippen LogP contribution in [0.5, 0.6) is 0 Å². The molecule has 9 heteroatoms. The van der Waals surface area contributed by atoms with Gasteiger partial charge in [0, 0.05) is 18.9 Å². The van der Waals surface area contributed by atoms with Gasteiger partial charge in [0.25, 0.3) is 5.69 Å². The lowest BCUT2D eigenvalue weighted by Crippen LogP contribution is -2.10. The van der Waals surface area contributed by atoms with Gasteiger partial charge in [-0.1, -0.05) is 0 Å². The lowest BCUT2D eigenvalue weighted by molar-refractivity contribution is -0.383. The minimum absolute atomic E-state index is 0.0227. The molecular formula is C12H15N3O4S2. The Bertz CT molecular complexity index is 783. The van der Waals surface area contributed by atoms with Gasteiger partial charge in [-0.2, -0.15) is 0 Å². The Balaban J connectivity index is 2.20. The molecule has 114 valence electrons. The zero-order chi connectivity index (χ0) is 15.6. The molecule has 0 spiro atoms. The van der Waals surface area contributed by atoms with Gasteiger partial charge in [0.1, 0.15) is 15.5 Å². The van der Waals surface area contributed by atoms with Crippen LogP contribution in [-0.2, 0) is 9.84 Å². The van der Waals surface area contributed by atoms with Crippen molar-refractivity contribution < 1.29 is 13.3 Å². The van der Waals surface area contributed by atoms with Gasteiger partial charge in [0.2, 0.25) is 0 Å². The highest BCUT2D eigenvalue weighted by atomic mass is 32.2. The van der Waals surface area contributed by atoms with Crippen LogP contribution in [-0.4, -0.2) is 36.9 Å². The van der Waals surface area contributed by atoms with Gasteiger partial charge in [0.15, 0.2) is 0 Å². The Morgan fingerprint density at radius 1 is 1.43 bits per heavy atom. The summed E-state index contributed by atoms with van der Waals surface area (Å²) in [6.07, 6.45) is 1.56. The molecule has 2 rings (SSSR count). The van der Waals surface area contributed by atoms with Crippen molar-refractivity contribution in [1.82, 2.24) is 4.98 Å². The Morgan fingerprint density at radius 2 is 2.14 bits per heavy atom. The standard InChI is InChI=1S/C12H15N3O4S2/c1-8-14-10-6-9(13-4-3-5-21(2,18)19)11(15(16)17)7-12(10)20-8/h6-7,13H,3-5H2,1-2H3. The average molecular weight is 329 g/mol. The summed E-state index contributed by atoms with van der Waals surface area (Å²) in [6.45, 7) is 2.19. The first-order valence-electron chi connectivity index (χ1n) is 6.23. The maximum atomic E-state index is 11.1. The number of aryl methyl sites for hydroxylation is 1. The van der Waals surface area contributed by atoms with Crippen molar-refractivity contribution in [2.24, 2.45) is 0 Å². The van der Waals surface area contributed by atoms with Crippen molar-refractivity contribution in [2.75, 3.05) is 23.9 Å². The molecule has 0 saturated carbocycles. The van der Waals surface area contributed by atoms with Crippen molar-refractivity contribution in [3.8, 4) is 0 Å². The van der Waals surface area contributed by atoms with Gasteiger partial charge < -0.3 is 5.32 Å². The summed E-state index contributed by atoms with van der Waals surface area (Å²) < 4.78 is 22.9. The Morgan fingerprint density at radius 3 is 2.76 bits per heavy atom. The van der Waals surface area contributed by atoms with E-state index in [4.69, 9.17) is 0 Å². The van der Waals surface area contributed by atoms with Crippen molar-refractivity contribution in [3.05, 3.63) is 27.3 Å². The molecule has 1 aromatic carbocycles. The number of rotatable bonds is 6. The van der Waals surface area contributed by atoms with E-state index in [1.54, 1.807) is 6.07 Å². The fraction of sp³-hybridized carbons (Fsp3) is 0.417. The van der Waals surface area contributed by atoms with Crippen molar-refractivity contribution in [1.29, 1.82) is 0 Å². The van der Waals surface area contributed by atoms with E-state index in [2.05, 4.69) is 10.3 Å². The van der Waals surface area contributed by atoms with Crippen LogP contribution in [0.15, 0.2) is 12.1 Å². The SMILES string of the molecule is Cc1nc2cc(NCCCS(C)(=O)=O)c([N+](=O)[O-])cc2s1. The fourth-order valence-corrected chi connectivity index (χ4v) is 3.44. The van der Waals surface area contributed by atoms with Crippen molar-refractivity contribution in [2.45, 2.75) is 13.3 Å². The van der Waals surface area contributed by atoms with Crippen LogP contribution in [0.4, 0.5) is 11.4 Å². The van der Waals surface area contributed by atoms with Crippen LogP contribution in [0.3, 0.4) is 0 Å². The number of fused-ring (bicyclic) bond motifs is 1. The lowest BCUT2D eigenvalue weighted by Gasteiger charge is -2.06. The van der Waals surface area contributed by atoms with Gasteiger partial charge in [-0.15, -0.1) is 11.3 Å². The Hall–Kier alpha value is -1.74. The molecule has 0 amide bonds. The molecule has 21 heavy (non-hydrogen) atoms. The molecule has 1 aromatic heterocycles. The number of nitrogens with zero attached hydrogens (tertiary/aromatic N) is 2. The number of thiazole rings is 1. The number of nitro benzene ring substituents is 1. The summed E-state index contributed by atoms with van der Waals surface area (Å²) in [5.41, 5.74) is 1.05. The normalized spacial score (nSPS) is 11.7. The van der Waals surface area contributed by atoms with E-state index in [0.29, 0.717) is 24.2 Å². The fourth-order valence-electron chi connectivity index (χ4n) is 1.93. The Kier molecular flexibility index (Phi) is 4.43. The van der Waals surface area contributed by atoms with E-state index in [1.165, 1.54) is 23.7 Å². The summed E-state index contributed by atoms with van der Waals surface area (Å²) in [6, 6.07) is 3.14. The third-order valence-corrected chi connectivity index (χ3v) is 4.78. The van der Waals surface area contributed by atoms with Crippen molar-refractivity contribution in [3.63, 3.8) is 0 Å². The van der Waals surface area contributed by atoms with Crippen LogP contribution in [0.25, 0.3) is 10.2 Å². The molecule has 0 unspecified atom stereocenters. The number of hydrogen-bond acceptors (Lipinski definition) is 7. The molecule has 0 fully saturated rings. The number of nitro groups is 1. The average Bonchev–Trinajstić information content (AvgIpc) is 2.71. The molecule has 0 radical (unpaired) electrons. The van der Waals surface area contributed by atoms with Gasteiger partial charge in [0.05, 0.1) is 25.9 Å². The van der Waals surface area contributed by atoms with Gasteiger partial charge in [-0.3, -0.25) is 10.1 Å². The van der Waals surface area contributed by atoms with E-state index in [9.17, 15) is 18.5 Å². The topological polar surface area (TPSA) is 102 Å². The summed E-state index contributed by atoms with van der Waals surface area (Å²) >= 11 is 1.40. The van der Waals surface area contributed by atoms with Gasteiger partial charge >= 0.3 is 0 Å². The maximum absolute atomic E-state index is 11.1. The predicted octanol–water partition coefficient (Wildman–Crippen LogP) is 2.36. The monoisotopic (exact) mass is 329 g/mol. The van der Waals surface area contributed by atoms with Gasteiger partial charge in [-0.25, -0.2) is 13.4 Å². The minimum Gasteiger partial charge on any atom is -0.379 e. The zero-order valence-corrected chi connectivity index (χ0v) is 13.3. The summed E-state index contributed by atoms with van der Waals surface area (Å²) in [5, 5.41) is 14.9. The molecule has 0 aliphatic heterocycles. The second-order valence-corrected chi connectivity index (χ2v) is 8.23. The first-order chi connectivity index (χ1) is 9.76. The molecule has 0 aliphatic rings. The summed E-state index contributed by atoms with van der Waals surface area (Å²) in [4.78, 5) is 15.0. The highest BCUT2D eigenvalue weighted by Gasteiger charge is 2.17. The minimum atomic E-state index is -3.02. The van der Waals surface area contributed by atoms with Gasteiger partial charge in [-0.05, 0) is 19.4 Å². The Labute approximate surface area is 126 Å². The molecule has 1 heterocycles. The predicted molar refractivity (Wildman–Crippen MR) is 83.8 cm³/mol. The van der Waals surface area contributed by atoms with Crippen LogP contribution in [0, 0.1) is 17.0 Å². The quantitative estimate of drug-likeness (QED) is 0.496. The number of benzene rings is 1. The number of sulfone groups is 1. The van der Waals surface area contributed by atoms with Crippen LogP contribution in [0.1, 0.15) is 11.4 Å². The largest absolute Gasteiger partial charge is 0.379 e.